The van der Waals surface area contributed by atoms with Gasteiger partial charge in [-0.25, -0.2) is 8.42 Å². The molecular formula is C20H22N2O3S. The maximum Gasteiger partial charge on any atom is 0.269 e. The van der Waals surface area contributed by atoms with Gasteiger partial charge < -0.3 is 10.2 Å². The molecule has 0 fully saturated rings. The Morgan fingerprint density at radius 1 is 1.00 bits per heavy atom. The molecular weight excluding hydrogens is 348 g/mol. The van der Waals surface area contributed by atoms with Gasteiger partial charge >= 0.3 is 0 Å². The highest BCUT2D eigenvalue weighted by atomic mass is 32.2. The van der Waals surface area contributed by atoms with Crippen LogP contribution in [0.3, 0.4) is 0 Å². The Morgan fingerprint density at radius 2 is 1.62 bits per heavy atom. The Bertz CT molecular complexity index is 972. The smallest absolute Gasteiger partial charge is 0.269 e. The molecule has 0 aliphatic carbocycles. The average molecular weight is 370 g/mol. The molecule has 0 spiro atoms. The Morgan fingerprint density at radius 3 is 2.23 bits per heavy atom. The van der Waals surface area contributed by atoms with Gasteiger partial charge in [0.2, 0.25) is 9.84 Å². The molecule has 3 rings (SSSR count). The number of hydrogen-bond donors (Lipinski definition) is 1. The van der Waals surface area contributed by atoms with Gasteiger partial charge in [-0.15, -0.1) is 0 Å². The van der Waals surface area contributed by atoms with Crippen molar-refractivity contribution in [3.63, 3.8) is 0 Å². The van der Waals surface area contributed by atoms with E-state index in [2.05, 4.69) is 5.32 Å². The molecule has 5 nitrogen and oxygen atoms in total. The Balaban J connectivity index is 2.12. The van der Waals surface area contributed by atoms with Gasteiger partial charge in [-0.1, -0.05) is 35.9 Å². The van der Waals surface area contributed by atoms with Crippen molar-refractivity contribution >= 4 is 27.1 Å². The standard InChI is InChI=1S/C20H22N2O3S/c1-4-22(5-2)18-16-8-6-7-9-17(16)26(24,25)19(18)20(23)21-15-12-10-14(3)11-13-15/h6-13H,4-5H2,1-3H3,(H,21,23). The predicted molar refractivity (Wildman–Crippen MR) is 103 cm³/mol. The monoisotopic (exact) mass is 370 g/mol. The van der Waals surface area contributed by atoms with Gasteiger partial charge in [0.05, 0.1) is 10.6 Å². The number of anilines is 1. The molecule has 2 aromatic carbocycles. The van der Waals surface area contributed by atoms with Gasteiger partial charge in [-0.3, -0.25) is 4.79 Å². The minimum absolute atomic E-state index is 0.178. The number of nitrogens with zero attached hydrogens (tertiary/aromatic N) is 1. The molecule has 0 atom stereocenters. The quantitative estimate of drug-likeness (QED) is 0.876. The maximum atomic E-state index is 13.1. The van der Waals surface area contributed by atoms with Crippen LogP contribution in [0.4, 0.5) is 5.69 Å². The Kier molecular flexibility index (Phi) is 4.87. The normalized spacial score (nSPS) is 14.9. The van der Waals surface area contributed by atoms with Crippen LogP contribution in [0.5, 0.6) is 0 Å². The molecule has 136 valence electrons. The first-order chi connectivity index (χ1) is 12.4. The van der Waals surface area contributed by atoms with Crippen LogP contribution in [-0.2, 0) is 14.6 Å². The van der Waals surface area contributed by atoms with E-state index in [-0.39, 0.29) is 9.80 Å². The summed E-state index contributed by atoms with van der Waals surface area (Å²) in [4.78, 5) is 14.9. The fourth-order valence-corrected chi connectivity index (χ4v) is 4.88. The van der Waals surface area contributed by atoms with Crippen molar-refractivity contribution in [1.82, 2.24) is 4.90 Å². The van der Waals surface area contributed by atoms with Gasteiger partial charge in [0, 0.05) is 24.3 Å². The molecule has 26 heavy (non-hydrogen) atoms. The molecule has 0 unspecified atom stereocenters. The van der Waals surface area contributed by atoms with Gasteiger partial charge in [-0.05, 0) is 39.0 Å². The van der Waals surface area contributed by atoms with E-state index in [1.165, 1.54) is 0 Å². The van der Waals surface area contributed by atoms with E-state index in [1.54, 1.807) is 36.4 Å². The Hall–Kier alpha value is -2.60. The molecule has 1 aliphatic heterocycles. The molecule has 2 aromatic rings. The van der Waals surface area contributed by atoms with Crippen molar-refractivity contribution in [2.45, 2.75) is 25.7 Å². The summed E-state index contributed by atoms with van der Waals surface area (Å²) in [6, 6.07) is 14.0. The van der Waals surface area contributed by atoms with Crippen LogP contribution >= 0.6 is 0 Å². The van der Waals surface area contributed by atoms with E-state index in [4.69, 9.17) is 0 Å². The number of sulfone groups is 1. The third-order valence-electron chi connectivity index (χ3n) is 4.51. The van der Waals surface area contributed by atoms with Gasteiger partial charge in [0.25, 0.3) is 5.91 Å². The van der Waals surface area contributed by atoms with E-state index >= 15 is 0 Å². The number of fused-ring (bicyclic) bond motifs is 1. The summed E-state index contributed by atoms with van der Waals surface area (Å²) in [6.45, 7) is 7.05. The maximum absolute atomic E-state index is 13.1. The van der Waals surface area contributed by atoms with E-state index in [0.717, 1.165) is 5.56 Å². The van der Waals surface area contributed by atoms with Crippen LogP contribution in [-0.4, -0.2) is 32.3 Å². The number of nitrogens with one attached hydrogen (secondary N) is 1. The number of rotatable bonds is 5. The lowest BCUT2D eigenvalue weighted by Crippen LogP contribution is -2.26. The minimum Gasteiger partial charge on any atom is -0.370 e. The number of hydrogen-bond acceptors (Lipinski definition) is 4. The summed E-state index contributed by atoms with van der Waals surface area (Å²) in [6.07, 6.45) is 0. The van der Waals surface area contributed by atoms with Crippen molar-refractivity contribution in [3.05, 3.63) is 64.6 Å². The van der Waals surface area contributed by atoms with Crippen molar-refractivity contribution in [2.24, 2.45) is 0 Å². The second kappa shape index (κ2) is 6.96. The number of amides is 1. The summed E-state index contributed by atoms with van der Waals surface area (Å²) >= 11 is 0. The van der Waals surface area contributed by atoms with E-state index in [0.29, 0.717) is 30.0 Å². The first-order valence-corrected chi connectivity index (χ1v) is 10.1. The fourth-order valence-electron chi connectivity index (χ4n) is 3.16. The molecule has 1 aliphatic rings. The zero-order chi connectivity index (χ0) is 18.9. The van der Waals surface area contributed by atoms with E-state index < -0.39 is 15.7 Å². The van der Waals surface area contributed by atoms with E-state index in [1.807, 2.05) is 37.8 Å². The lowest BCUT2D eigenvalue weighted by molar-refractivity contribution is -0.112. The molecule has 0 saturated carbocycles. The highest BCUT2D eigenvalue weighted by Gasteiger charge is 2.41. The zero-order valence-corrected chi connectivity index (χ0v) is 15.9. The molecule has 1 amide bonds. The molecule has 0 saturated heterocycles. The Labute approximate surface area is 154 Å². The highest BCUT2D eigenvalue weighted by Crippen LogP contribution is 2.41. The number of carbonyl (C=O) groups is 1. The van der Waals surface area contributed by atoms with Crippen LogP contribution in [0.15, 0.2) is 58.3 Å². The first kappa shape index (κ1) is 18.2. The summed E-state index contributed by atoms with van der Waals surface area (Å²) < 4.78 is 26.1. The molecule has 0 bridgehead atoms. The summed E-state index contributed by atoms with van der Waals surface area (Å²) in [5.41, 5.74) is 2.70. The van der Waals surface area contributed by atoms with Crippen molar-refractivity contribution in [3.8, 4) is 0 Å². The van der Waals surface area contributed by atoms with Crippen LogP contribution in [0.2, 0.25) is 0 Å². The topological polar surface area (TPSA) is 66.5 Å². The fraction of sp³-hybridized carbons (Fsp3) is 0.250. The first-order valence-electron chi connectivity index (χ1n) is 8.61. The van der Waals surface area contributed by atoms with Crippen molar-refractivity contribution in [2.75, 3.05) is 18.4 Å². The number of benzene rings is 2. The van der Waals surface area contributed by atoms with Gasteiger partial charge in [-0.2, -0.15) is 0 Å². The third kappa shape index (κ3) is 3.01. The minimum atomic E-state index is -3.86. The van der Waals surface area contributed by atoms with Gasteiger partial charge in [0.15, 0.2) is 4.91 Å². The van der Waals surface area contributed by atoms with Gasteiger partial charge in [0.1, 0.15) is 0 Å². The van der Waals surface area contributed by atoms with Crippen LogP contribution in [0.25, 0.3) is 5.70 Å². The summed E-state index contributed by atoms with van der Waals surface area (Å²) in [7, 11) is -3.86. The molecule has 6 heteroatoms. The SMILES string of the molecule is CCN(CC)C1=C(C(=O)Nc2ccc(C)cc2)S(=O)(=O)c2ccccc21. The lowest BCUT2D eigenvalue weighted by atomic mass is 10.1. The average Bonchev–Trinajstić information content (AvgIpc) is 2.86. The number of aryl methyl sites for hydroxylation is 1. The highest BCUT2D eigenvalue weighted by molar-refractivity contribution is 7.97. The molecule has 0 aromatic heterocycles. The van der Waals surface area contributed by atoms with Crippen LogP contribution in [0, 0.1) is 6.92 Å². The van der Waals surface area contributed by atoms with Crippen LogP contribution in [0.1, 0.15) is 25.0 Å². The van der Waals surface area contributed by atoms with E-state index in [9.17, 15) is 13.2 Å². The van der Waals surface area contributed by atoms with Crippen LogP contribution < -0.4 is 5.32 Å². The molecule has 1 heterocycles. The zero-order valence-electron chi connectivity index (χ0n) is 15.1. The molecule has 1 N–H and O–H groups in total. The second-order valence-electron chi connectivity index (χ2n) is 6.17. The second-order valence-corrected chi connectivity index (χ2v) is 8.02. The summed E-state index contributed by atoms with van der Waals surface area (Å²) in [5.74, 6) is -0.605. The third-order valence-corrected chi connectivity index (χ3v) is 6.36. The summed E-state index contributed by atoms with van der Waals surface area (Å²) in [5, 5.41) is 2.73. The molecule has 0 radical (unpaired) electrons. The largest absolute Gasteiger partial charge is 0.370 e. The number of carbonyl (C=O) groups excluding carboxylic acids is 1. The van der Waals surface area contributed by atoms with Crippen molar-refractivity contribution in [1.29, 1.82) is 0 Å². The predicted octanol–water partition coefficient (Wildman–Crippen LogP) is 3.43. The lowest BCUT2D eigenvalue weighted by Gasteiger charge is -2.23. The van der Waals surface area contributed by atoms with Crippen molar-refractivity contribution < 1.29 is 13.2 Å².